The zero-order valence-electron chi connectivity index (χ0n) is 16.2. The number of carbonyl (C=O) groups is 1. The van der Waals surface area contributed by atoms with Gasteiger partial charge in [-0.05, 0) is 42.0 Å². The van der Waals surface area contributed by atoms with Gasteiger partial charge < -0.3 is 0 Å². The van der Waals surface area contributed by atoms with E-state index in [1.807, 2.05) is 59.1 Å². The number of aromatic nitrogens is 2. The summed E-state index contributed by atoms with van der Waals surface area (Å²) in [5.41, 5.74) is 4.97. The van der Waals surface area contributed by atoms with Crippen LogP contribution in [0, 0.1) is 5.82 Å². The molecule has 0 N–H and O–H groups in total. The first kappa shape index (κ1) is 18.2. The van der Waals surface area contributed by atoms with Gasteiger partial charge in [0.1, 0.15) is 11.5 Å². The van der Waals surface area contributed by atoms with Gasteiger partial charge in [0.05, 0.1) is 23.6 Å². The lowest BCUT2D eigenvalue weighted by molar-refractivity contribution is -0.132. The quantitative estimate of drug-likeness (QED) is 0.502. The minimum Gasteiger partial charge on any atom is -0.298 e. The average Bonchev–Trinajstić information content (AvgIpc) is 3.16. The zero-order chi connectivity index (χ0) is 20.5. The van der Waals surface area contributed by atoms with Gasteiger partial charge in [-0.15, -0.1) is 0 Å². The van der Waals surface area contributed by atoms with Gasteiger partial charge >= 0.3 is 0 Å². The molecule has 6 heteroatoms. The lowest BCUT2D eigenvalue weighted by atomic mass is 10.0. The minimum absolute atomic E-state index is 0.000226. The Hall–Kier alpha value is -3.80. The number of hydrogen-bond donors (Lipinski definition) is 0. The fourth-order valence-corrected chi connectivity index (χ4v) is 3.73. The Kier molecular flexibility index (Phi) is 4.59. The van der Waals surface area contributed by atoms with E-state index in [0.29, 0.717) is 19.4 Å². The number of halogens is 1. The third-order valence-electron chi connectivity index (χ3n) is 5.20. The number of fused-ring (bicyclic) bond motifs is 1. The van der Waals surface area contributed by atoms with E-state index in [4.69, 9.17) is 10.1 Å². The molecule has 1 amide bonds. The van der Waals surface area contributed by atoms with Crippen molar-refractivity contribution in [1.82, 2.24) is 14.4 Å². The van der Waals surface area contributed by atoms with E-state index in [1.54, 1.807) is 12.1 Å². The van der Waals surface area contributed by atoms with Crippen LogP contribution in [0.4, 0.5) is 4.39 Å². The van der Waals surface area contributed by atoms with Crippen molar-refractivity contribution in [2.45, 2.75) is 19.4 Å². The number of benzene rings is 2. The van der Waals surface area contributed by atoms with E-state index in [2.05, 4.69) is 0 Å². The van der Waals surface area contributed by atoms with Gasteiger partial charge in [-0.2, -0.15) is 5.10 Å². The van der Waals surface area contributed by atoms with Crippen LogP contribution >= 0.6 is 0 Å². The molecule has 3 heterocycles. The number of nitrogens with zero attached hydrogens (tertiary/aromatic N) is 4. The highest BCUT2D eigenvalue weighted by atomic mass is 19.1. The van der Waals surface area contributed by atoms with Crippen LogP contribution in [0.5, 0.6) is 0 Å². The lowest BCUT2D eigenvalue weighted by Crippen LogP contribution is -2.32. The second-order valence-corrected chi connectivity index (χ2v) is 7.23. The average molecular weight is 398 g/mol. The monoisotopic (exact) mass is 398 g/mol. The summed E-state index contributed by atoms with van der Waals surface area (Å²) in [6.07, 6.45) is 2.85. The van der Waals surface area contributed by atoms with Gasteiger partial charge in [-0.3, -0.25) is 9.20 Å². The summed E-state index contributed by atoms with van der Waals surface area (Å²) < 4.78 is 15.5. The molecule has 1 aliphatic rings. The summed E-state index contributed by atoms with van der Waals surface area (Å²) in [6, 6.07) is 21.9. The predicted octanol–water partition coefficient (Wildman–Crippen LogP) is 4.67. The van der Waals surface area contributed by atoms with Crippen molar-refractivity contribution < 1.29 is 9.18 Å². The largest absolute Gasteiger partial charge is 0.298 e. The number of hydrogen-bond acceptors (Lipinski definition) is 3. The summed E-state index contributed by atoms with van der Waals surface area (Å²) >= 11 is 0. The maximum absolute atomic E-state index is 13.5. The van der Waals surface area contributed by atoms with Crippen molar-refractivity contribution in [3.63, 3.8) is 0 Å². The van der Waals surface area contributed by atoms with Crippen LogP contribution in [0.1, 0.15) is 24.1 Å². The molecule has 2 aromatic carbocycles. The van der Waals surface area contributed by atoms with Gasteiger partial charge in [0, 0.05) is 24.6 Å². The second kappa shape index (κ2) is 7.55. The van der Waals surface area contributed by atoms with Gasteiger partial charge in [-0.1, -0.05) is 36.4 Å². The molecule has 0 fully saturated rings. The number of rotatable bonds is 4. The van der Waals surface area contributed by atoms with Gasteiger partial charge in [0.25, 0.3) is 0 Å². The van der Waals surface area contributed by atoms with Crippen LogP contribution in [0.15, 0.2) is 84.1 Å². The molecule has 5 rings (SSSR count). The Morgan fingerprint density at radius 2 is 1.67 bits per heavy atom. The van der Waals surface area contributed by atoms with Crippen LogP contribution < -0.4 is 0 Å². The molecule has 0 aliphatic carbocycles. The standard InChI is InChI=1S/C24H19FN4O/c25-19-11-9-18(10-12-19)23-24(28-15-5-4-8-21(28)26-23)20-13-14-22(30)29(27-20)16-17-6-2-1-3-7-17/h1-12,15H,13-14,16H2. The summed E-state index contributed by atoms with van der Waals surface area (Å²) in [6.45, 7) is 0.422. The molecule has 1 aliphatic heterocycles. The third-order valence-corrected chi connectivity index (χ3v) is 5.20. The van der Waals surface area contributed by atoms with Crippen LogP contribution in [-0.2, 0) is 11.3 Å². The Labute approximate surface area is 173 Å². The van der Waals surface area contributed by atoms with E-state index in [-0.39, 0.29) is 11.7 Å². The molecule has 4 aromatic rings. The normalized spacial score (nSPS) is 14.2. The lowest BCUT2D eigenvalue weighted by Gasteiger charge is -2.24. The van der Waals surface area contributed by atoms with Crippen molar-refractivity contribution >= 4 is 17.3 Å². The maximum atomic E-state index is 13.5. The highest BCUT2D eigenvalue weighted by Gasteiger charge is 2.26. The number of hydrazone groups is 1. The van der Waals surface area contributed by atoms with E-state index >= 15 is 0 Å². The van der Waals surface area contributed by atoms with E-state index < -0.39 is 0 Å². The Balaban J connectivity index is 1.62. The second-order valence-electron chi connectivity index (χ2n) is 7.23. The zero-order valence-corrected chi connectivity index (χ0v) is 16.2. The highest BCUT2D eigenvalue weighted by Crippen LogP contribution is 2.28. The first-order chi connectivity index (χ1) is 14.7. The molecule has 0 saturated carbocycles. The molecular formula is C24H19FN4O. The van der Waals surface area contributed by atoms with E-state index in [0.717, 1.165) is 33.9 Å². The molecule has 148 valence electrons. The Morgan fingerprint density at radius 3 is 2.47 bits per heavy atom. The third kappa shape index (κ3) is 3.37. The van der Waals surface area contributed by atoms with Crippen LogP contribution in [0.3, 0.4) is 0 Å². The SMILES string of the molecule is O=C1CCC(c2c(-c3ccc(F)cc3)nc3ccccn23)=NN1Cc1ccccc1. The summed E-state index contributed by atoms with van der Waals surface area (Å²) in [7, 11) is 0. The van der Waals surface area contributed by atoms with Crippen molar-refractivity contribution in [1.29, 1.82) is 0 Å². The highest BCUT2D eigenvalue weighted by molar-refractivity contribution is 6.07. The summed E-state index contributed by atoms with van der Waals surface area (Å²) in [4.78, 5) is 17.3. The van der Waals surface area contributed by atoms with Gasteiger partial charge in [0.2, 0.25) is 5.91 Å². The molecule has 0 atom stereocenters. The molecule has 0 unspecified atom stereocenters. The number of pyridine rings is 1. The van der Waals surface area contributed by atoms with Crippen molar-refractivity contribution in [3.8, 4) is 11.3 Å². The Morgan fingerprint density at radius 1 is 0.900 bits per heavy atom. The van der Waals surface area contributed by atoms with Crippen LogP contribution in [0.2, 0.25) is 0 Å². The van der Waals surface area contributed by atoms with Gasteiger partial charge in [-0.25, -0.2) is 14.4 Å². The maximum Gasteiger partial charge on any atom is 0.243 e. The van der Waals surface area contributed by atoms with Crippen molar-refractivity contribution in [2.24, 2.45) is 5.10 Å². The topological polar surface area (TPSA) is 50.0 Å². The van der Waals surface area contributed by atoms with Crippen molar-refractivity contribution in [3.05, 3.63) is 96.1 Å². The molecule has 0 saturated heterocycles. The minimum atomic E-state index is -0.293. The molecule has 2 aromatic heterocycles. The van der Waals surface area contributed by atoms with Crippen LogP contribution in [0.25, 0.3) is 16.9 Å². The molecule has 0 spiro atoms. The molecular weight excluding hydrogens is 379 g/mol. The van der Waals surface area contributed by atoms with E-state index in [1.165, 1.54) is 17.1 Å². The van der Waals surface area contributed by atoms with Gasteiger partial charge in [0.15, 0.2) is 0 Å². The molecule has 0 bridgehead atoms. The van der Waals surface area contributed by atoms with Crippen molar-refractivity contribution in [2.75, 3.05) is 0 Å². The fourth-order valence-electron chi connectivity index (χ4n) is 3.73. The predicted molar refractivity (Wildman–Crippen MR) is 113 cm³/mol. The summed E-state index contributed by atoms with van der Waals surface area (Å²) in [5.74, 6) is -0.293. The number of amides is 1. The fraction of sp³-hybridized carbons (Fsp3) is 0.125. The number of carbonyl (C=O) groups excluding carboxylic acids is 1. The Bertz CT molecular complexity index is 1250. The van der Waals surface area contributed by atoms with E-state index in [9.17, 15) is 9.18 Å². The first-order valence-corrected chi connectivity index (χ1v) is 9.84. The smallest absolute Gasteiger partial charge is 0.243 e. The molecule has 0 radical (unpaired) electrons. The molecule has 5 nitrogen and oxygen atoms in total. The van der Waals surface area contributed by atoms with Crippen LogP contribution in [-0.4, -0.2) is 26.0 Å². The first-order valence-electron chi connectivity index (χ1n) is 9.84. The number of imidazole rings is 1. The summed E-state index contributed by atoms with van der Waals surface area (Å²) in [5, 5.41) is 6.25. The molecule has 30 heavy (non-hydrogen) atoms.